The van der Waals surface area contributed by atoms with Gasteiger partial charge in [-0.2, -0.15) is 0 Å². The summed E-state index contributed by atoms with van der Waals surface area (Å²) >= 11 is 0. The summed E-state index contributed by atoms with van der Waals surface area (Å²) in [6.07, 6.45) is 4.39. The Balaban J connectivity index is 1.56. The first-order valence-corrected chi connectivity index (χ1v) is 10.6. The van der Waals surface area contributed by atoms with Crippen molar-refractivity contribution in [2.75, 3.05) is 31.2 Å². The number of nitrogens with one attached hydrogen (secondary N) is 1. The van der Waals surface area contributed by atoms with E-state index in [0.29, 0.717) is 19.1 Å². The number of hydrogen-bond acceptors (Lipinski definition) is 5. The predicted molar refractivity (Wildman–Crippen MR) is 113 cm³/mol. The number of nitrogens with zero attached hydrogens (tertiary/aromatic N) is 3. The third-order valence-corrected chi connectivity index (χ3v) is 6.11. The van der Waals surface area contributed by atoms with Crippen molar-refractivity contribution < 1.29 is 9.53 Å². The zero-order chi connectivity index (χ0) is 20.2. The second-order valence-electron chi connectivity index (χ2n) is 8.17. The molecule has 0 aliphatic carbocycles. The van der Waals surface area contributed by atoms with Crippen LogP contribution in [0.25, 0.3) is 0 Å². The van der Waals surface area contributed by atoms with Crippen molar-refractivity contribution in [3.8, 4) is 0 Å². The van der Waals surface area contributed by atoms with E-state index in [0.717, 1.165) is 49.6 Å². The van der Waals surface area contributed by atoms with Crippen LogP contribution in [0.1, 0.15) is 42.1 Å². The fourth-order valence-corrected chi connectivity index (χ4v) is 4.47. The van der Waals surface area contributed by atoms with Gasteiger partial charge in [0.25, 0.3) is 0 Å². The molecule has 3 heterocycles. The lowest BCUT2D eigenvalue weighted by molar-refractivity contribution is -0.128. The van der Waals surface area contributed by atoms with Gasteiger partial charge in [-0.25, -0.2) is 4.98 Å². The second kappa shape index (κ2) is 8.91. The molecule has 6 nitrogen and oxygen atoms in total. The van der Waals surface area contributed by atoms with E-state index < -0.39 is 0 Å². The number of carbonyl (C=O) groups is 1. The Bertz CT molecular complexity index is 836. The van der Waals surface area contributed by atoms with Gasteiger partial charge in [0.05, 0.1) is 17.4 Å². The standard InChI is InChI=1S/C23H30N4O2/c1-16-14-24-17(2)22(25-16)27-11-8-20(18-6-4-3-5-7-18)21(15-27)26-23(28)19-9-12-29-13-10-19/h3-7,14,19-21H,8-13,15H2,1-2H3,(H,26,28)/t20-,21-/m0/s1. The topological polar surface area (TPSA) is 67.4 Å². The Morgan fingerprint density at radius 3 is 2.66 bits per heavy atom. The van der Waals surface area contributed by atoms with Crippen LogP contribution in [0.4, 0.5) is 5.82 Å². The molecule has 1 amide bonds. The van der Waals surface area contributed by atoms with E-state index in [1.807, 2.05) is 19.9 Å². The van der Waals surface area contributed by atoms with Gasteiger partial charge in [-0.1, -0.05) is 30.3 Å². The number of benzene rings is 1. The molecule has 0 saturated carbocycles. The second-order valence-corrected chi connectivity index (χ2v) is 8.17. The van der Waals surface area contributed by atoms with E-state index in [9.17, 15) is 4.79 Å². The molecular formula is C23H30N4O2. The van der Waals surface area contributed by atoms with Gasteiger partial charge in [-0.05, 0) is 38.7 Å². The van der Waals surface area contributed by atoms with E-state index in [1.54, 1.807) is 6.20 Å². The SMILES string of the molecule is Cc1cnc(C)c(N2CC[C@@H](c3ccccc3)[C@@H](NC(=O)C3CCOCC3)C2)n1. The Morgan fingerprint density at radius 1 is 1.14 bits per heavy atom. The van der Waals surface area contributed by atoms with Gasteiger partial charge in [0, 0.05) is 44.3 Å². The largest absolute Gasteiger partial charge is 0.381 e. The zero-order valence-electron chi connectivity index (χ0n) is 17.3. The van der Waals surface area contributed by atoms with Gasteiger partial charge in [-0.3, -0.25) is 9.78 Å². The van der Waals surface area contributed by atoms with Gasteiger partial charge in [0.2, 0.25) is 5.91 Å². The maximum atomic E-state index is 13.0. The maximum absolute atomic E-state index is 13.0. The Hall–Kier alpha value is -2.47. The molecular weight excluding hydrogens is 364 g/mol. The minimum atomic E-state index is 0.0446. The first-order valence-electron chi connectivity index (χ1n) is 10.6. The first kappa shape index (κ1) is 19.8. The summed E-state index contributed by atoms with van der Waals surface area (Å²) < 4.78 is 5.43. The number of ether oxygens (including phenoxy) is 1. The lowest BCUT2D eigenvalue weighted by Gasteiger charge is -2.40. The summed E-state index contributed by atoms with van der Waals surface area (Å²) in [5.74, 6) is 1.44. The third kappa shape index (κ3) is 4.58. The highest BCUT2D eigenvalue weighted by Crippen LogP contribution is 2.31. The van der Waals surface area contributed by atoms with Crippen LogP contribution < -0.4 is 10.2 Å². The number of anilines is 1. The molecule has 2 aromatic rings. The predicted octanol–water partition coefficient (Wildman–Crippen LogP) is 3.00. The lowest BCUT2D eigenvalue weighted by atomic mass is 9.84. The van der Waals surface area contributed by atoms with E-state index in [4.69, 9.17) is 9.72 Å². The molecule has 2 aliphatic heterocycles. The molecule has 1 aromatic heterocycles. The Kier molecular flexibility index (Phi) is 6.09. The molecule has 4 rings (SSSR count). The lowest BCUT2D eigenvalue weighted by Crippen LogP contribution is -2.53. The van der Waals surface area contributed by atoms with E-state index in [-0.39, 0.29) is 17.9 Å². The number of hydrogen-bond donors (Lipinski definition) is 1. The summed E-state index contributed by atoms with van der Waals surface area (Å²) in [5, 5.41) is 3.39. The van der Waals surface area contributed by atoms with Crippen molar-refractivity contribution in [2.24, 2.45) is 5.92 Å². The van der Waals surface area contributed by atoms with Gasteiger partial charge < -0.3 is 15.0 Å². The maximum Gasteiger partial charge on any atom is 0.223 e. The molecule has 0 unspecified atom stereocenters. The first-order chi connectivity index (χ1) is 14.1. The van der Waals surface area contributed by atoms with Crippen molar-refractivity contribution in [1.29, 1.82) is 0 Å². The van der Waals surface area contributed by atoms with Crippen molar-refractivity contribution in [1.82, 2.24) is 15.3 Å². The van der Waals surface area contributed by atoms with Crippen LogP contribution in [0.3, 0.4) is 0 Å². The quantitative estimate of drug-likeness (QED) is 0.863. The zero-order valence-corrected chi connectivity index (χ0v) is 17.3. The van der Waals surface area contributed by atoms with Crippen molar-refractivity contribution in [3.63, 3.8) is 0 Å². The van der Waals surface area contributed by atoms with E-state index in [1.165, 1.54) is 5.56 Å². The highest BCUT2D eigenvalue weighted by Gasteiger charge is 2.34. The fraction of sp³-hybridized carbons (Fsp3) is 0.522. The molecule has 29 heavy (non-hydrogen) atoms. The summed E-state index contributed by atoms with van der Waals surface area (Å²) in [4.78, 5) is 24.5. The third-order valence-electron chi connectivity index (χ3n) is 6.11. The number of aryl methyl sites for hydroxylation is 2. The minimum absolute atomic E-state index is 0.0446. The molecule has 2 aliphatic rings. The minimum Gasteiger partial charge on any atom is -0.381 e. The van der Waals surface area contributed by atoms with Crippen molar-refractivity contribution in [2.45, 2.75) is 45.1 Å². The van der Waals surface area contributed by atoms with Crippen LogP contribution >= 0.6 is 0 Å². The highest BCUT2D eigenvalue weighted by molar-refractivity contribution is 5.79. The van der Waals surface area contributed by atoms with Crippen LogP contribution in [0.5, 0.6) is 0 Å². The van der Waals surface area contributed by atoms with Crippen LogP contribution in [-0.2, 0) is 9.53 Å². The van der Waals surface area contributed by atoms with Crippen molar-refractivity contribution >= 4 is 11.7 Å². The van der Waals surface area contributed by atoms with E-state index in [2.05, 4.69) is 39.5 Å². The van der Waals surface area contributed by atoms with Crippen LogP contribution in [-0.4, -0.2) is 48.2 Å². The van der Waals surface area contributed by atoms with Crippen LogP contribution in [0.15, 0.2) is 36.5 Å². The number of carbonyl (C=O) groups excluding carboxylic acids is 1. The number of rotatable bonds is 4. The number of amides is 1. The number of aromatic nitrogens is 2. The molecule has 6 heteroatoms. The molecule has 2 saturated heterocycles. The molecule has 2 atom stereocenters. The summed E-state index contributed by atoms with van der Waals surface area (Å²) in [7, 11) is 0. The highest BCUT2D eigenvalue weighted by atomic mass is 16.5. The van der Waals surface area contributed by atoms with Crippen LogP contribution in [0.2, 0.25) is 0 Å². The van der Waals surface area contributed by atoms with Crippen molar-refractivity contribution in [3.05, 3.63) is 53.5 Å². The Labute approximate surface area is 172 Å². The normalized spacial score (nSPS) is 23.0. The summed E-state index contributed by atoms with van der Waals surface area (Å²) in [5.41, 5.74) is 3.14. The monoisotopic (exact) mass is 394 g/mol. The molecule has 0 bridgehead atoms. The average Bonchev–Trinajstić information content (AvgIpc) is 2.76. The molecule has 0 spiro atoms. The fourth-order valence-electron chi connectivity index (χ4n) is 4.47. The summed E-state index contributed by atoms with van der Waals surface area (Å²) in [6.45, 7) is 6.97. The van der Waals surface area contributed by atoms with Gasteiger partial charge in [0.1, 0.15) is 5.82 Å². The van der Waals surface area contributed by atoms with Crippen LogP contribution in [0, 0.1) is 19.8 Å². The van der Waals surface area contributed by atoms with Gasteiger partial charge in [-0.15, -0.1) is 0 Å². The summed E-state index contributed by atoms with van der Waals surface area (Å²) in [6, 6.07) is 10.6. The average molecular weight is 395 g/mol. The molecule has 1 N–H and O–H groups in total. The Morgan fingerprint density at radius 2 is 1.90 bits per heavy atom. The number of piperidine rings is 1. The van der Waals surface area contributed by atoms with Gasteiger partial charge in [0.15, 0.2) is 0 Å². The van der Waals surface area contributed by atoms with Gasteiger partial charge >= 0.3 is 0 Å². The molecule has 2 fully saturated rings. The molecule has 1 aromatic carbocycles. The molecule has 0 radical (unpaired) electrons. The smallest absolute Gasteiger partial charge is 0.223 e. The van der Waals surface area contributed by atoms with E-state index >= 15 is 0 Å². The molecule has 154 valence electrons.